The summed E-state index contributed by atoms with van der Waals surface area (Å²) in [6, 6.07) is -1.99. The number of aromatic nitrogens is 2. The van der Waals surface area contributed by atoms with E-state index in [9.17, 15) is 49.8 Å². The average molecular weight is 587 g/mol. The zero-order chi connectivity index (χ0) is 29.8. The molecule has 0 aliphatic carbocycles. The van der Waals surface area contributed by atoms with E-state index in [1.165, 1.54) is 12.5 Å². The van der Waals surface area contributed by atoms with Gasteiger partial charge in [-0.3, -0.25) is 24.6 Å². The van der Waals surface area contributed by atoms with E-state index < -0.39 is 97.9 Å². The molecule has 3 fully saturated rings. The highest BCUT2D eigenvalue weighted by atomic mass is 16.6. The molecule has 0 aromatic carbocycles. The highest BCUT2D eigenvalue weighted by Gasteiger charge is 2.48. The van der Waals surface area contributed by atoms with E-state index in [2.05, 4.69) is 25.9 Å². The summed E-state index contributed by atoms with van der Waals surface area (Å²) in [5.41, 5.74) is 0.483. The molecule has 10 atom stereocenters. The van der Waals surface area contributed by atoms with Gasteiger partial charge in [0.25, 0.3) is 0 Å². The molecule has 18 heteroatoms. The minimum Gasteiger partial charge on any atom is -0.394 e. The van der Waals surface area contributed by atoms with E-state index in [1.807, 2.05) is 0 Å². The lowest BCUT2D eigenvalue weighted by Gasteiger charge is -2.39. The molecule has 18 nitrogen and oxygen atoms in total. The van der Waals surface area contributed by atoms with E-state index in [4.69, 9.17) is 9.47 Å². The van der Waals surface area contributed by atoms with Gasteiger partial charge in [-0.05, 0) is 0 Å². The third-order valence-electron chi connectivity index (χ3n) is 7.22. The summed E-state index contributed by atoms with van der Waals surface area (Å²) in [5.74, 6) is -1.95. The summed E-state index contributed by atoms with van der Waals surface area (Å²) in [6.07, 6.45) is -10.6. The Morgan fingerprint density at radius 1 is 1.02 bits per heavy atom. The van der Waals surface area contributed by atoms with Gasteiger partial charge in [0.05, 0.1) is 25.5 Å². The second-order valence-electron chi connectivity index (χ2n) is 10.1. The van der Waals surface area contributed by atoms with E-state index in [0.717, 1.165) is 4.90 Å². The fourth-order valence-corrected chi connectivity index (χ4v) is 4.91. The molecule has 41 heavy (non-hydrogen) atoms. The number of hydrogen-bond acceptors (Lipinski definition) is 13. The maximum atomic E-state index is 13.1. The van der Waals surface area contributed by atoms with Crippen LogP contribution in [0.3, 0.4) is 0 Å². The van der Waals surface area contributed by atoms with Gasteiger partial charge in [0.2, 0.25) is 17.7 Å². The fourth-order valence-electron chi connectivity index (χ4n) is 4.91. The minimum atomic E-state index is -1.67. The van der Waals surface area contributed by atoms with Gasteiger partial charge in [0.1, 0.15) is 48.8 Å². The number of aliphatic hydroxyl groups excluding tert-OH is 6. The number of H-pyrrole nitrogens is 1. The van der Waals surface area contributed by atoms with Gasteiger partial charge in [0, 0.05) is 37.8 Å². The van der Waals surface area contributed by atoms with Crippen LogP contribution in [-0.4, -0.2) is 150 Å². The number of urea groups is 1. The lowest BCUT2D eigenvalue weighted by atomic mass is 9.93. The quantitative estimate of drug-likeness (QED) is 0.122. The molecule has 4 rings (SSSR count). The fraction of sp³-hybridized carbons (Fsp3) is 0.696. The Labute approximate surface area is 232 Å². The first-order valence-electron chi connectivity index (χ1n) is 13.0. The molecular weight excluding hydrogens is 552 g/mol. The summed E-state index contributed by atoms with van der Waals surface area (Å²) in [6.45, 7) is -1.02. The number of nitrogens with one attached hydrogen (secondary N) is 4. The molecule has 3 aliphatic rings. The molecular formula is C23H34N6O12. The topological polar surface area (TPSA) is 276 Å². The van der Waals surface area contributed by atoms with Gasteiger partial charge in [0.15, 0.2) is 6.23 Å². The normalized spacial score (nSPS) is 34.7. The number of hydrogen-bond donors (Lipinski definition) is 10. The molecule has 1 aromatic heterocycles. The molecule has 1 aromatic rings. The number of carbonyl (C=O) groups is 4. The number of aliphatic hydroxyl groups is 6. The highest BCUT2D eigenvalue weighted by Crippen LogP contribution is 2.26. The SMILES string of the molecule is O=C1CCN([C@@H]2O[C@H](CNC(=O)[C@H](Cc3cnc[nH]3)NC(=O)C[C@H]3O[C@H](CO)[C@H](O)[C@H](O)[C@H]3O)[C@@H](O)[C@H]2O)C(=O)N1. The van der Waals surface area contributed by atoms with Gasteiger partial charge < -0.3 is 55.7 Å². The lowest BCUT2D eigenvalue weighted by Crippen LogP contribution is -2.59. The highest BCUT2D eigenvalue weighted by molar-refractivity contribution is 5.96. The van der Waals surface area contributed by atoms with E-state index in [-0.39, 0.29) is 25.9 Å². The van der Waals surface area contributed by atoms with Crippen molar-refractivity contribution >= 4 is 23.8 Å². The first-order valence-corrected chi connectivity index (χ1v) is 13.0. The van der Waals surface area contributed by atoms with Crippen molar-refractivity contribution in [2.75, 3.05) is 19.7 Å². The first kappa shape index (κ1) is 30.7. The summed E-state index contributed by atoms with van der Waals surface area (Å²) in [4.78, 5) is 57.2. The van der Waals surface area contributed by atoms with Crippen LogP contribution in [0.5, 0.6) is 0 Å². The monoisotopic (exact) mass is 586 g/mol. The van der Waals surface area contributed by atoms with Crippen LogP contribution in [0.1, 0.15) is 18.5 Å². The van der Waals surface area contributed by atoms with Crippen LogP contribution < -0.4 is 16.0 Å². The predicted molar refractivity (Wildman–Crippen MR) is 131 cm³/mol. The predicted octanol–water partition coefficient (Wildman–Crippen LogP) is -5.83. The standard InChI is InChI=1S/C23H34N6O12/c30-7-13-18(35)19(36)16(33)11(40-13)4-15(32)27-10(3-9-5-24-8-26-9)21(38)25-6-12-17(34)20(37)22(41-12)29-2-1-14(31)28-23(29)39/h5,8,10-13,16-20,22,30,33-37H,1-4,6-7H2,(H,24,26)(H,25,38)(H,27,32)(H,28,31,39)/t10-,11+,12+,13+,16-,17+,18-,19+,20+,22+/m0/s1. The van der Waals surface area contributed by atoms with Gasteiger partial charge in [-0.1, -0.05) is 0 Å². The molecule has 3 saturated heterocycles. The summed E-state index contributed by atoms with van der Waals surface area (Å²) in [5, 5.41) is 67.5. The Morgan fingerprint density at radius 2 is 1.73 bits per heavy atom. The number of carbonyl (C=O) groups excluding carboxylic acids is 4. The maximum absolute atomic E-state index is 13.1. The largest absolute Gasteiger partial charge is 0.394 e. The Balaban J connectivity index is 1.36. The van der Waals surface area contributed by atoms with Gasteiger partial charge in [-0.2, -0.15) is 0 Å². The van der Waals surface area contributed by atoms with Crippen molar-refractivity contribution in [3.8, 4) is 0 Å². The van der Waals surface area contributed by atoms with Gasteiger partial charge in [-0.25, -0.2) is 9.78 Å². The van der Waals surface area contributed by atoms with Crippen molar-refractivity contribution in [2.24, 2.45) is 0 Å². The molecule has 5 amide bonds. The zero-order valence-corrected chi connectivity index (χ0v) is 21.7. The molecule has 228 valence electrons. The number of imide groups is 1. The summed E-state index contributed by atoms with van der Waals surface area (Å²) in [7, 11) is 0. The Morgan fingerprint density at radius 3 is 2.39 bits per heavy atom. The average Bonchev–Trinajstić information content (AvgIpc) is 3.55. The van der Waals surface area contributed by atoms with Crippen LogP contribution in [0.15, 0.2) is 12.5 Å². The minimum absolute atomic E-state index is 0.0199. The van der Waals surface area contributed by atoms with Crippen molar-refractivity contribution in [1.82, 2.24) is 30.8 Å². The number of rotatable bonds is 10. The second-order valence-corrected chi connectivity index (χ2v) is 10.1. The number of ether oxygens (including phenoxy) is 2. The lowest BCUT2D eigenvalue weighted by molar-refractivity contribution is -0.229. The third kappa shape index (κ3) is 6.99. The van der Waals surface area contributed by atoms with Crippen molar-refractivity contribution < 1.29 is 59.3 Å². The van der Waals surface area contributed by atoms with Crippen LogP contribution in [0.2, 0.25) is 0 Å². The van der Waals surface area contributed by atoms with Crippen molar-refractivity contribution in [3.63, 3.8) is 0 Å². The summed E-state index contributed by atoms with van der Waals surface area (Å²) >= 11 is 0. The van der Waals surface area contributed by atoms with Crippen LogP contribution in [0.25, 0.3) is 0 Å². The number of amides is 5. The molecule has 0 spiro atoms. The number of nitrogens with zero attached hydrogens (tertiary/aromatic N) is 2. The molecule has 0 radical (unpaired) electrons. The van der Waals surface area contributed by atoms with Crippen LogP contribution in [0.4, 0.5) is 4.79 Å². The molecule has 4 heterocycles. The van der Waals surface area contributed by atoms with E-state index >= 15 is 0 Å². The van der Waals surface area contributed by atoms with Crippen LogP contribution in [-0.2, 0) is 30.3 Å². The maximum Gasteiger partial charge on any atom is 0.326 e. The Kier molecular flexibility index (Phi) is 9.87. The van der Waals surface area contributed by atoms with Crippen molar-refractivity contribution in [2.45, 2.75) is 80.4 Å². The van der Waals surface area contributed by atoms with Gasteiger partial charge >= 0.3 is 6.03 Å². The molecule has 0 unspecified atom stereocenters. The molecule has 3 aliphatic heterocycles. The molecule has 10 N–H and O–H groups in total. The van der Waals surface area contributed by atoms with E-state index in [0.29, 0.717) is 5.69 Å². The third-order valence-corrected chi connectivity index (χ3v) is 7.22. The second kappa shape index (κ2) is 13.2. The zero-order valence-electron chi connectivity index (χ0n) is 21.7. The number of aromatic amines is 1. The van der Waals surface area contributed by atoms with Crippen LogP contribution >= 0.6 is 0 Å². The van der Waals surface area contributed by atoms with E-state index in [1.54, 1.807) is 0 Å². The summed E-state index contributed by atoms with van der Waals surface area (Å²) < 4.78 is 11.0. The Bertz CT molecular complexity index is 1090. The Hall–Kier alpha value is -3.23. The first-order chi connectivity index (χ1) is 19.5. The van der Waals surface area contributed by atoms with Crippen LogP contribution in [0, 0.1) is 0 Å². The molecule has 0 saturated carbocycles. The molecule has 0 bridgehead atoms. The van der Waals surface area contributed by atoms with Crippen molar-refractivity contribution in [1.29, 1.82) is 0 Å². The smallest absolute Gasteiger partial charge is 0.326 e. The number of imidazole rings is 1. The van der Waals surface area contributed by atoms with Gasteiger partial charge in [-0.15, -0.1) is 0 Å². The van der Waals surface area contributed by atoms with Crippen molar-refractivity contribution in [3.05, 3.63) is 18.2 Å².